The molecule has 0 spiro atoms. The lowest BCUT2D eigenvalue weighted by atomic mass is 9.91. The Morgan fingerprint density at radius 1 is 0.912 bits per heavy atom. The minimum Gasteiger partial charge on any atom is -0.437 e. The zero-order chi connectivity index (χ0) is 32.5. The maximum absolute atomic E-state index is 8.83. The molecule has 0 saturated heterocycles. The van der Waals surface area contributed by atoms with E-state index >= 15 is 0 Å². The van der Waals surface area contributed by atoms with Crippen molar-refractivity contribution in [2.75, 3.05) is 0 Å². The number of nitrogens with zero attached hydrogens (tertiary/aromatic N) is 2. The van der Waals surface area contributed by atoms with Crippen molar-refractivity contribution >= 4 is 22.1 Å². The summed E-state index contributed by atoms with van der Waals surface area (Å²) in [6, 6.07) is 14.3. The summed E-state index contributed by atoms with van der Waals surface area (Å²) in [4.78, 5) is 8.66. The predicted molar refractivity (Wildman–Crippen MR) is 140 cm³/mol. The summed E-state index contributed by atoms with van der Waals surface area (Å²) in [6.07, 6.45) is 2.74. The molecule has 0 aliphatic heterocycles. The molecule has 3 aromatic heterocycles. The Kier molecular flexibility index (Phi) is 3.04. The molecule has 0 amide bonds. The molecule has 0 radical (unpaired) electrons. The molecule has 1 saturated carbocycles. The number of fused-ring (bicyclic) bond motifs is 3. The molecule has 3 heterocycles. The van der Waals surface area contributed by atoms with Gasteiger partial charge in [-0.05, 0) is 84.9 Å². The van der Waals surface area contributed by atoms with Gasteiger partial charge in [0.25, 0.3) is 0 Å². The van der Waals surface area contributed by atoms with Crippen LogP contribution in [-0.4, -0.2) is 9.97 Å². The number of aromatic nitrogens is 2. The molecule has 0 N–H and O–H groups in total. The largest absolute Gasteiger partial charge is 0.437 e. The topological polar surface area (TPSA) is 38.9 Å². The lowest BCUT2D eigenvalue weighted by Crippen LogP contribution is -1.99. The van der Waals surface area contributed by atoms with Crippen molar-refractivity contribution in [3.63, 3.8) is 0 Å². The van der Waals surface area contributed by atoms with Gasteiger partial charge in [-0.2, -0.15) is 0 Å². The van der Waals surface area contributed by atoms with Gasteiger partial charge in [-0.25, -0.2) is 4.98 Å². The van der Waals surface area contributed by atoms with Crippen LogP contribution >= 0.6 is 0 Å². The van der Waals surface area contributed by atoms with Crippen molar-refractivity contribution in [3.05, 3.63) is 83.2 Å². The molecular weight excluding hydrogens is 416 g/mol. The van der Waals surface area contributed by atoms with Crippen LogP contribution in [0.25, 0.3) is 44.5 Å². The second-order valence-corrected chi connectivity index (χ2v) is 8.83. The highest BCUT2D eigenvalue weighted by atomic mass is 16.3. The normalized spacial score (nSPS) is 20.8. The maximum Gasteiger partial charge on any atom is 0.227 e. The van der Waals surface area contributed by atoms with Crippen molar-refractivity contribution < 1.29 is 19.5 Å². The molecule has 3 heteroatoms. The van der Waals surface area contributed by atoms with Gasteiger partial charge in [0.15, 0.2) is 0 Å². The van der Waals surface area contributed by atoms with Crippen LogP contribution in [-0.2, 0) is 6.37 Å². The van der Waals surface area contributed by atoms with E-state index < -0.39 is 26.9 Å². The third kappa shape index (κ3) is 3.69. The van der Waals surface area contributed by atoms with Crippen LogP contribution in [0.15, 0.2) is 65.2 Å². The number of furan rings is 1. The van der Waals surface area contributed by atoms with Gasteiger partial charge in [0.2, 0.25) is 5.71 Å². The van der Waals surface area contributed by atoms with Gasteiger partial charge in [0.05, 0.1) is 5.69 Å². The molecule has 34 heavy (non-hydrogen) atoms. The Labute approximate surface area is 216 Å². The Bertz CT molecular complexity index is 1910. The number of para-hydroxylation sites is 1. The van der Waals surface area contributed by atoms with E-state index in [9.17, 15) is 0 Å². The number of hydrogen-bond donors (Lipinski definition) is 0. The highest BCUT2D eigenvalue weighted by Crippen LogP contribution is 2.37. The van der Waals surface area contributed by atoms with Crippen LogP contribution in [0.2, 0.25) is 0 Å². The molecule has 2 aromatic carbocycles. The molecule has 0 unspecified atom stereocenters. The van der Waals surface area contributed by atoms with Crippen LogP contribution in [0.5, 0.6) is 0 Å². The Morgan fingerprint density at radius 3 is 2.68 bits per heavy atom. The number of benzene rings is 2. The smallest absolute Gasteiger partial charge is 0.227 e. The van der Waals surface area contributed by atoms with E-state index in [2.05, 4.69) is 9.97 Å². The predicted octanol–water partition coefficient (Wildman–Crippen LogP) is 8.37. The second-order valence-electron chi connectivity index (χ2n) is 8.83. The lowest BCUT2D eigenvalue weighted by Gasteiger charge is -2.14. The molecule has 1 aliphatic rings. The molecule has 170 valence electrons. The Balaban J connectivity index is 1.55. The van der Waals surface area contributed by atoms with Crippen molar-refractivity contribution in [2.45, 2.75) is 52.6 Å². The molecule has 3 nitrogen and oxygen atoms in total. The van der Waals surface area contributed by atoms with Crippen LogP contribution in [0.1, 0.15) is 63.1 Å². The summed E-state index contributed by atoms with van der Waals surface area (Å²) in [6.45, 7) is -7.73. The first-order valence-electron chi connectivity index (χ1n) is 17.0. The summed E-state index contributed by atoms with van der Waals surface area (Å²) in [5.74, 6) is -0.229. The van der Waals surface area contributed by atoms with Crippen molar-refractivity contribution in [1.29, 1.82) is 0 Å². The van der Waals surface area contributed by atoms with Crippen LogP contribution in [0.3, 0.4) is 0 Å². The summed E-state index contributed by atoms with van der Waals surface area (Å²) >= 11 is 0. The van der Waals surface area contributed by atoms with Gasteiger partial charge in [-0.15, -0.1) is 0 Å². The quantitative estimate of drug-likeness (QED) is 0.272. The lowest BCUT2D eigenvalue weighted by molar-refractivity contribution is 0.546. The first-order valence-corrected chi connectivity index (χ1v) is 11.5. The number of pyridine rings is 2. The van der Waals surface area contributed by atoms with Gasteiger partial charge in [0, 0.05) is 43.3 Å². The standard InChI is InChI=1S/C31H30N2O/c1-19-15-23(16-22-7-4-5-8-22)12-14-24(19)28-17-29(32-18-20(28)2)27-10-6-9-25-26-13-11-21(3)33-31(26)34-30(25)27/h6,9-15,17-18,22H,4-5,7-8,16H2,1-3H3/i1D3,2D3,3D3,16D2. The molecule has 1 aliphatic carbocycles. The van der Waals surface area contributed by atoms with E-state index in [0.29, 0.717) is 27.6 Å². The monoisotopic (exact) mass is 457 g/mol. The minimum absolute atomic E-state index is 0.115. The van der Waals surface area contributed by atoms with E-state index in [1.807, 2.05) is 0 Å². The zero-order valence-electron chi connectivity index (χ0n) is 29.5. The molecule has 0 bridgehead atoms. The van der Waals surface area contributed by atoms with E-state index in [-0.39, 0.29) is 45.1 Å². The molecule has 6 rings (SSSR count). The van der Waals surface area contributed by atoms with Gasteiger partial charge in [-0.1, -0.05) is 56.0 Å². The van der Waals surface area contributed by atoms with Gasteiger partial charge < -0.3 is 4.42 Å². The third-order valence-electron chi connectivity index (χ3n) is 6.58. The van der Waals surface area contributed by atoms with Crippen LogP contribution in [0, 0.1) is 26.5 Å². The van der Waals surface area contributed by atoms with Gasteiger partial charge in [-0.3, -0.25) is 4.98 Å². The average molecular weight is 458 g/mol. The van der Waals surface area contributed by atoms with E-state index in [0.717, 1.165) is 25.7 Å². The Hall–Kier alpha value is -3.46. The third-order valence-corrected chi connectivity index (χ3v) is 6.58. The van der Waals surface area contributed by atoms with E-state index in [1.165, 1.54) is 30.5 Å². The van der Waals surface area contributed by atoms with E-state index in [1.54, 1.807) is 30.3 Å². The summed E-state index contributed by atoms with van der Waals surface area (Å²) in [7, 11) is 0. The maximum atomic E-state index is 8.83. The van der Waals surface area contributed by atoms with E-state index in [4.69, 9.17) is 19.5 Å². The number of hydrogen-bond acceptors (Lipinski definition) is 3. The molecular formula is C31H30N2O. The second kappa shape index (κ2) is 8.39. The van der Waals surface area contributed by atoms with Crippen LogP contribution in [0.4, 0.5) is 0 Å². The number of aryl methyl sites for hydroxylation is 3. The van der Waals surface area contributed by atoms with Gasteiger partial charge >= 0.3 is 0 Å². The van der Waals surface area contributed by atoms with Gasteiger partial charge in [0.1, 0.15) is 5.58 Å². The van der Waals surface area contributed by atoms with Crippen LogP contribution < -0.4 is 0 Å². The highest BCUT2D eigenvalue weighted by molar-refractivity contribution is 6.08. The summed E-state index contributed by atoms with van der Waals surface area (Å²) in [5.41, 5.74) is 1.40. The first-order chi connectivity index (χ1) is 21.0. The summed E-state index contributed by atoms with van der Waals surface area (Å²) < 4.78 is 96.5. The fourth-order valence-electron chi connectivity index (χ4n) is 4.88. The Morgan fingerprint density at radius 2 is 1.82 bits per heavy atom. The minimum atomic E-state index is -2.67. The fourth-order valence-corrected chi connectivity index (χ4v) is 4.88. The first kappa shape index (κ1) is 12.3. The molecule has 1 fully saturated rings. The molecule has 5 aromatic rings. The zero-order valence-corrected chi connectivity index (χ0v) is 18.5. The molecule has 0 atom stereocenters. The summed E-state index contributed by atoms with van der Waals surface area (Å²) in [5, 5.41) is 1.24. The fraction of sp³-hybridized carbons (Fsp3) is 0.290. The highest BCUT2D eigenvalue weighted by Gasteiger charge is 2.18. The SMILES string of the molecule is [2H]C([2H])([2H])c1ccc2c(n1)oc1c(-c3cc(-c4ccc(C([2H])([2H])C5CCCC5)cc4C([2H])([2H])[2H])c(C([2H])([2H])[2H])cn3)cccc12. The van der Waals surface area contributed by atoms with Crippen molar-refractivity contribution in [3.8, 4) is 22.4 Å². The average Bonchev–Trinajstić information content (AvgIpc) is 3.64. The van der Waals surface area contributed by atoms with Crippen molar-refractivity contribution in [1.82, 2.24) is 9.97 Å². The number of rotatable bonds is 4. The van der Waals surface area contributed by atoms with Crippen molar-refractivity contribution in [2.24, 2.45) is 5.92 Å².